The maximum atomic E-state index is 16.5. The van der Waals surface area contributed by atoms with E-state index in [0.29, 0.717) is 15.8 Å². The van der Waals surface area contributed by atoms with Crippen LogP contribution in [0.15, 0.2) is 115 Å². The molecule has 3 saturated heterocycles. The molecule has 24 N–H and O–H groups in total. The van der Waals surface area contributed by atoms with Crippen molar-refractivity contribution in [2.75, 3.05) is 20.2 Å². The molecule has 6 aromatic carbocycles. The third kappa shape index (κ3) is 20.2. The number of carbonyl (C=O) groups is 8. The SMILES string of the molecule is CN[C@H](CC(C)C)C(=O)NC1C(=O)N[C@@H](CC(N)=O)C(=O)N[C@H]2C(=O)N[C@H]3C(=O)N[C@H](C(=O)NC(C(=O)O)c4cc(O)cc(O)c4-c4cc3ccc4O)[C@H](C3C[C@](C)(N)[C@@H](O)[C@H](C)O3)c3ccc(c(Cl)c3)Oc3cc2cc(c3O[C@@H]2O[C@H](CO)[C@@H](O[C@@H]3O[C@H](CNCc4ccc(Oc5ccc(Cl)cc5)s4)[C@H](O)[C@H](O)[C@H]3O)[C@H](O)[C@H]2O)Oc2ccc(cc2Cl)[C@H]1O. The number of rotatable bonds is 20. The highest BCUT2D eigenvalue weighted by molar-refractivity contribution is 7.13. The van der Waals surface area contributed by atoms with E-state index in [9.17, 15) is 75.7 Å². The van der Waals surface area contributed by atoms with Gasteiger partial charge in [-0.25, -0.2) is 4.79 Å². The summed E-state index contributed by atoms with van der Waals surface area (Å²) < 4.78 is 50.9. The average molecular weight is 1820 g/mol. The zero-order valence-electron chi connectivity index (χ0n) is 67.1. The molecule has 0 aliphatic carbocycles. The van der Waals surface area contributed by atoms with Crippen molar-refractivity contribution in [2.24, 2.45) is 17.4 Å². The highest BCUT2D eigenvalue weighted by atomic mass is 35.5. The lowest BCUT2D eigenvalue weighted by molar-refractivity contribution is -0.350. The summed E-state index contributed by atoms with van der Waals surface area (Å²) in [5.74, 6) is -17.5. The second-order valence-electron chi connectivity index (χ2n) is 31.8. The van der Waals surface area contributed by atoms with Crippen molar-refractivity contribution in [3.05, 3.63) is 163 Å². The fourth-order valence-corrected chi connectivity index (χ4v) is 17.3. The molecule has 9 heterocycles. The quantitative estimate of drug-likeness (QED) is 0.0520. The highest BCUT2D eigenvalue weighted by Crippen LogP contribution is 2.51. The number of likely N-dealkylation sites (N-methyl/N-ethyl adjacent to an activating group) is 1. The van der Waals surface area contributed by atoms with E-state index < -0.39 is 278 Å². The maximum absolute atomic E-state index is 16.5. The molecule has 15 rings (SSSR count). The van der Waals surface area contributed by atoms with Crippen LogP contribution >= 0.6 is 46.1 Å². The summed E-state index contributed by atoms with van der Waals surface area (Å²) in [5.41, 5.74) is 8.36. The third-order valence-electron chi connectivity index (χ3n) is 22.3. The molecule has 11 bridgehead atoms. The summed E-state index contributed by atoms with van der Waals surface area (Å²) in [7, 11) is 1.46. The van der Waals surface area contributed by atoms with E-state index in [1.165, 1.54) is 56.5 Å². The van der Waals surface area contributed by atoms with Crippen LogP contribution in [0, 0.1) is 5.92 Å². The first-order valence-corrected chi connectivity index (χ1v) is 41.4. The van der Waals surface area contributed by atoms with Gasteiger partial charge in [-0.15, -0.1) is 11.3 Å². The topological polar surface area (TPSA) is 601 Å². The number of carboxylic acids is 1. The van der Waals surface area contributed by atoms with Crippen LogP contribution in [0.1, 0.15) is 110 Å². The maximum Gasteiger partial charge on any atom is 0.330 e. The molecule has 0 spiro atoms. The molecule has 1 aromatic heterocycles. The molecule has 0 saturated carbocycles. The van der Waals surface area contributed by atoms with Gasteiger partial charge in [0.1, 0.15) is 120 Å². The van der Waals surface area contributed by atoms with Crippen LogP contribution in [0.2, 0.25) is 15.1 Å². The molecule has 3 unspecified atom stereocenters. The van der Waals surface area contributed by atoms with Crippen molar-refractivity contribution in [3.63, 3.8) is 0 Å². The van der Waals surface area contributed by atoms with Crippen LogP contribution < -0.4 is 72.9 Å². The van der Waals surface area contributed by atoms with Gasteiger partial charge in [0.15, 0.2) is 28.9 Å². The van der Waals surface area contributed by atoms with E-state index in [-0.39, 0.29) is 48.5 Å². The van der Waals surface area contributed by atoms with Crippen molar-refractivity contribution < 1.29 is 138 Å². The molecule has 3 fully saturated rings. The average Bonchev–Trinajstić information content (AvgIpc) is 1.01. The number of amides is 7. The number of nitrogens with two attached hydrogens (primary N) is 2. The van der Waals surface area contributed by atoms with Crippen LogP contribution in [0.4, 0.5) is 0 Å². The van der Waals surface area contributed by atoms with Gasteiger partial charge < -0.3 is 153 Å². The van der Waals surface area contributed by atoms with Crippen LogP contribution in [0.3, 0.4) is 0 Å². The predicted molar refractivity (Wildman–Crippen MR) is 441 cm³/mol. The number of nitrogens with one attached hydrogen (secondary N) is 8. The zero-order valence-corrected chi connectivity index (χ0v) is 70.2. The summed E-state index contributed by atoms with van der Waals surface area (Å²) in [6.07, 6.45) is -27.1. The number of hydrogen-bond donors (Lipinski definition) is 22. The van der Waals surface area contributed by atoms with Crippen LogP contribution in [0.5, 0.6) is 56.8 Å². The van der Waals surface area contributed by atoms with Gasteiger partial charge in [-0.2, -0.15) is 0 Å². The molecule has 8 aliphatic heterocycles. The summed E-state index contributed by atoms with van der Waals surface area (Å²) in [6, 6.07) is 9.76. The molecule has 125 heavy (non-hydrogen) atoms. The van der Waals surface area contributed by atoms with Crippen molar-refractivity contribution in [2.45, 2.75) is 193 Å². The molecule has 670 valence electrons. The van der Waals surface area contributed by atoms with Gasteiger partial charge in [0, 0.05) is 57.2 Å². The number of phenolic OH excluding ortho intramolecular Hbond substituents is 3. The van der Waals surface area contributed by atoms with Crippen LogP contribution in [-0.4, -0.2) is 238 Å². The number of thiophene rings is 1. The largest absolute Gasteiger partial charge is 0.508 e. The van der Waals surface area contributed by atoms with E-state index in [0.717, 1.165) is 59.5 Å². The van der Waals surface area contributed by atoms with Crippen molar-refractivity contribution in [3.8, 4) is 67.9 Å². The Kier molecular flexibility index (Phi) is 28.4. The minimum Gasteiger partial charge on any atom is -0.508 e. The Balaban J connectivity index is 0.963. The summed E-state index contributed by atoms with van der Waals surface area (Å²) in [4.78, 5) is 121. The Morgan fingerprint density at radius 2 is 1.30 bits per heavy atom. The number of benzene rings is 6. The number of carboxylic acid groups (broad SMARTS) is 1. The lowest BCUT2D eigenvalue weighted by atomic mass is 9.75. The Labute approximate surface area is 731 Å². The summed E-state index contributed by atoms with van der Waals surface area (Å²) >= 11 is 21.9. The second-order valence-corrected chi connectivity index (χ2v) is 34.2. The molecule has 38 nitrogen and oxygen atoms in total. The number of ether oxygens (including phenoxy) is 8. The van der Waals surface area contributed by atoms with E-state index in [1.807, 2.05) is 13.8 Å². The Morgan fingerprint density at radius 1 is 0.664 bits per heavy atom. The number of primary amides is 1. The Bertz CT molecular complexity index is 5230. The molecule has 23 atom stereocenters. The van der Waals surface area contributed by atoms with E-state index >= 15 is 24.0 Å². The first kappa shape index (κ1) is 92.3. The molecule has 8 aliphatic rings. The minimum atomic E-state index is -2.41. The zero-order chi connectivity index (χ0) is 90.2. The fourth-order valence-electron chi connectivity index (χ4n) is 15.9. The number of halogens is 3. The van der Waals surface area contributed by atoms with Gasteiger partial charge in [0.25, 0.3) is 0 Å². The van der Waals surface area contributed by atoms with E-state index in [4.69, 9.17) is 84.2 Å². The minimum absolute atomic E-state index is 0.0384. The summed E-state index contributed by atoms with van der Waals surface area (Å²) in [5, 5.41) is 161. The number of aliphatic hydroxyl groups excluding tert-OH is 8. The Hall–Kier alpha value is -10.4. The lowest BCUT2D eigenvalue weighted by Crippen LogP contribution is -2.65. The van der Waals surface area contributed by atoms with E-state index in [1.54, 1.807) is 36.4 Å². The predicted octanol–water partition coefficient (Wildman–Crippen LogP) is 2.30. The molecule has 7 aromatic rings. The lowest BCUT2D eigenvalue weighted by Gasteiger charge is -2.47. The van der Waals surface area contributed by atoms with E-state index in [2.05, 4.69) is 42.5 Å². The van der Waals surface area contributed by atoms with Gasteiger partial charge in [-0.05, 0) is 153 Å². The molecule has 42 heteroatoms. The number of carbonyl (C=O) groups excluding carboxylic acids is 7. The van der Waals surface area contributed by atoms with Crippen molar-refractivity contribution in [1.82, 2.24) is 42.5 Å². The number of phenols is 3. The fraction of sp³-hybridized carbons (Fsp3) is 0.422. The summed E-state index contributed by atoms with van der Waals surface area (Å²) in [6.45, 7) is 5.42. The normalized spacial score (nSPS) is 29.7. The van der Waals surface area contributed by atoms with Gasteiger partial charge >= 0.3 is 5.97 Å². The number of aromatic hydroxyl groups is 3. The van der Waals surface area contributed by atoms with Gasteiger partial charge in [0.05, 0.1) is 47.4 Å². The molecule has 7 amide bonds. The van der Waals surface area contributed by atoms with Crippen LogP contribution in [0.25, 0.3) is 11.1 Å². The van der Waals surface area contributed by atoms with Gasteiger partial charge in [-0.3, -0.25) is 33.6 Å². The smallest absolute Gasteiger partial charge is 0.330 e. The Morgan fingerprint density at radius 3 is 1.94 bits per heavy atom. The number of aliphatic carboxylic acids is 1. The molecule has 0 radical (unpaired) electrons. The number of fused-ring (bicyclic) bond motifs is 15. The monoisotopic (exact) mass is 1810 g/mol. The second kappa shape index (κ2) is 38.5. The first-order valence-electron chi connectivity index (χ1n) is 39.5. The molecular formula is C83H93Cl3N10O28S. The van der Waals surface area contributed by atoms with Gasteiger partial charge in [-0.1, -0.05) is 66.8 Å². The number of aliphatic hydroxyl groups is 8. The van der Waals surface area contributed by atoms with Crippen LogP contribution in [-0.2, 0) is 63.8 Å². The van der Waals surface area contributed by atoms with Crippen molar-refractivity contribution in [1.29, 1.82) is 0 Å². The highest BCUT2D eigenvalue weighted by Gasteiger charge is 2.54. The number of hydrogen-bond acceptors (Lipinski definition) is 31. The van der Waals surface area contributed by atoms with Crippen molar-refractivity contribution >= 4 is 93.5 Å². The van der Waals surface area contributed by atoms with Gasteiger partial charge in [0.2, 0.25) is 53.4 Å². The standard InChI is InChI=1S/C83H93Cl3N10O28S/c1-31(2)18-45(89-5)74(109)96-64-65(102)35-8-16-50(44(86)21-35)120-52-23-36-22-51(71(52)123-82-70(107)68(105)72(55(30-97)122-82)124-81-69(106)67(104)66(103)54(121-81)29-90-28-40-13-17-57(125-40)118-39-11-9-37(84)10-12-39)119-49-15-7-33(20-43(49)85)58(53-27-83(4,88)73(108)32(3)117-53)63-78(113)94-62(80(115)116)42-24-38(98)25-48(100)59(42)41-19-34(6-14-47(41)99)60(76(111)95-63)93-77(112)61(36)92-75(110)46(26-56(87)101)91-79(64)114/h6-17,19-25,31-32,45-46,53-55,58,60-70,72-73,81-82,89-90,97-100,102-108H,18,26-30,88H2,1-5H3,(H2,87,101)(H,91,114)(H,92,110)(H,93,112)(H,94,113)(H,95,111)(H,96,109)(H,115,116)/t32-,45+,46-,53?,54+,55+,58-,60+,61+,62?,63-,64?,65+,66-,67-,68+,69+,70+,72+,73-,81-,82-,83-/m0/s1. The first-order chi connectivity index (χ1) is 59.3. The molecular weight excluding hydrogens is 1720 g/mol. The third-order valence-corrected chi connectivity index (χ3v) is 24.1.